The maximum absolute atomic E-state index is 11.7. The van der Waals surface area contributed by atoms with Crippen molar-refractivity contribution in [3.63, 3.8) is 0 Å². The molecule has 0 spiro atoms. The molecular weight excluding hydrogens is 236 g/mol. The van der Waals surface area contributed by atoms with E-state index in [-0.39, 0.29) is 11.6 Å². The SMILES string of the molecule is CC1(C)C/C=C\CCCCCCCCCCC(=O)O1. The average molecular weight is 266 g/mol. The minimum atomic E-state index is -0.356. The molecule has 0 saturated carbocycles. The largest absolute Gasteiger partial charge is 0.459 e. The summed E-state index contributed by atoms with van der Waals surface area (Å²) < 4.78 is 5.55. The van der Waals surface area contributed by atoms with Gasteiger partial charge in [0, 0.05) is 12.8 Å². The molecule has 0 amide bonds. The summed E-state index contributed by atoms with van der Waals surface area (Å²) in [7, 11) is 0. The van der Waals surface area contributed by atoms with E-state index in [2.05, 4.69) is 12.2 Å². The van der Waals surface area contributed by atoms with Gasteiger partial charge in [-0.25, -0.2) is 0 Å². The minimum absolute atomic E-state index is 0.0366. The number of hydrogen-bond acceptors (Lipinski definition) is 2. The van der Waals surface area contributed by atoms with Crippen LogP contribution in [0.25, 0.3) is 0 Å². The lowest BCUT2D eigenvalue weighted by atomic mass is 10.0. The Labute approximate surface area is 118 Å². The van der Waals surface area contributed by atoms with E-state index in [1.54, 1.807) is 0 Å². The highest BCUT2D eigenvalue weighted by molar-refractivity contribution is 5.69. The summed E-state index contributed by atoms with van der Waals surface area (Å²) in [5.74, 6) is -0.0366. The van der Waals surface area contributed by atoms with Crippen LogP contribution in [0, 0.1) is 0 Å². The maximum Gasteiger partial charge on any atom is 0.306 e. The van der Waals surface area contributed by atoms with E-state index in [0.717, 1.165) is 25.7 Å². The lowest BCUT2D eigenvalue weighted by molar-refractivity contribution is -0.156. The Morgan fingerprint density at radius 2 is 1.47 bits per heavy atom. The van der Waals surface area contributed by atoms with Gasteiger partial charge in [0.2, 0.25) is 0 Å². The number of hydrogen-bond donors (Lipinski definition) is 0. The van der Waals surface area contributed by atoms with Crippen molar-refractivity contribution in [1.82, 2.24) is 0 Å². The predicted molar refractivity (Wildman–Crippen MR) is 80.1 cm³/mol. The smallest absolute Gasteiger partial charge is 0.306 e. The van der Waals surface area contributed by atoms with E-state index in [0.29, 0.717) is 6.42 Å². The van der Waals surface area contributed by atoms with Crippen LogP contribution in [-0.2, 0) is 9.53 Å². The molecule has 19 heavy (non-hydrogen) atoms. The van der Waals surface area contributed by atoms with E-state index >= 15 is 0 Å². The average Bonchev–Trinajstić information content (AvgIpc) is 2.33. The van der Waals surface area contributed by atoms with Crippen molar-refractivity contribution < 1.29 is 9.53 Å². The fourth-order valence-electron chi connectivity index (χ4n) is 2.48. The first-order chi connectivity index (χ1) is 9.10. The van der Waals surface area contributed by atoms with E-state index in [1.165, 1.54) is 38.5 Å². The normalized spacial score (nSPS) is 25.5. The first-order valence-corrected chi connectivity index (χ1v) is 7.97. The van der Waals surface area contributed by atoms with Crippen molar-refractivity contribution in [3.8, 4) is 0 Å². The fourth-order valence-corrected chi connectivity index (χ4v) is 2.48. The van der Waals surface area contributed by atoms with Crippen LogP contribution in [0.15, 0.2) is 12.2 Å². The zero-order chi connectivity index (χ0) is 14.0. The molecule has 1 aliphatic rings. The van der Waals surface area contributed by atoms with Gasteiger partial charge >= 0.3 is 5.97 Å². The van der Waals surface area contributed by atoms with Crippen LogP contribution >= 0.6 is 0 Å². The topological polar surface area (TPSA) is 26.3 Å². The highest BCUT2D eigenvalue weighted by Gasteiger charge is 2.20. The van der Waals surface area contributed by atoms with Crippen LogP contribution in [0.4, 0.5) is 0 Å². The highest BCUT2D eigenvalue weighted by Crippen LogP contribution is 2.18. The quantitative estimate of drug-likeness (QED) is 0.446. The highest BCUT2D eigenvalue weighted by atomic mass is 16.6. The van der Waals surface area contributed by atoms with E-state index in [9.17, 15) is 4.79 Å². The van der Waals surface area contributed by atoms with Crippen molar-refractivity contribution in [2.45, 2.75) is 90.1 Å². The predicted octanol–water partition coefficient (Wildman–Crippen LogP) is 5.17. The Morgan fingerprint density at radius 3 is 2.16 bits per heavy atom. The number of carbonyl (C=O) groups excluding carboxylic acids is 1. The molecule has 1 aliphatic heterocycles. The zero-order valence-corrected chi connectivity index (χ0v) is 12.7. The monoisotopic (exact) mass is 266 g/mol. The second-order valence-electron chi connectivity index (χ2n) is 6.28. The summed E-state index contributed by atoms with van der Waals surface area (Å²) in [4.78, 5) is 11.7. The van der Waals surface area contributed by atoms with Crippen LogP contribution in [0.5, 0.6) is 0 Å². The molecule has 1 rings (SSSR count). The summed E-state index contributed by atoms with van der Waals surface area (Å²) in [5.41, 5.74) is -0.356. The molecule has 0 fully saturated rings. The van der Waals surface area contributed by atoms with E-state index in [1.807, 2.05) is 13.8 Å². The van der Waals surface area contributed by atoms with Gasteiger partial charge in [-0.15, -0.1) is 0 Å². The third kappa shape index (κ3) is 8.85. The summed E-state index contributed by atoms with van der Waals surface area (Å²) in [6.45, 7) is 4.00. The van der Waals surface area contributed by atoms with E-state index in [4.69, 9.17) is 4.74 Å². The van der Waals surface area contributed by atoms with Crippen LogP contribution in [-0.4, -0.2) is 11.6 Å². The van der Waals surface area contributed by atoms with Gasteiger partial charge in [-0.1, -0.05) is 50.7 Å². The van der Waals surface area contributed by atoms with Gasteiger partial charge in [-0.05, 0) is 33.1 Å². The zero-order valence-electron chi connectivity index (χ0n) is 12.7. The van der Waals surface area contributed by atoms with Crippen LogP contribution < -0.4 is 0 Å². The number of esters is 1. The number of allylic oxidation sites excluding steroid dienone is 1. The van der Waals surface area contributed by atoms with Gasteiger partial charge in [0.05, 0.1) is 0 Å². The second-order valence-corrected chi connectivity index (χ2v) is 6.28. The van der Waals surface area contributed by atoms with Gasteiger partial charge < -0.3 is 4.74 Å². The molecule has 0 unspecified atom stereocenters. The third-order valence-electron chi connectivity index (χ3n) is 3.67. The first-order valence-electron chi connectivity index (χ1n) is 7.97. The summed E-state index contributed by atoms with van der Waals surface area (Å²) in [6.07, 6.45) is 17.0. The molecule has 0 radical (unpaired) electrons. The second kappa shape index (κ2) is 9.17. The Morgan fingerprint density at radius 1 is 0.895 bits per heavy atom. The lowest BCUT2D eigenvalue weighted by Crippen LogP contribution is -2.27. The molecule has 0 saturated heterocycles. The third-order valence-corrected chi connectivity index (χ3v) is 3.67. The molecule has 1 heterocycles. The first kappa shape index (κ1) is 16.3. The molecule has 0 bridgehead atoms. The van der Waals surface area contributed by atoms with Gasteiger partial charge in [0.25, 0.3) is 0 Å². The molecule has 0 aromatic carbocycles. The lowest BCUT2D eigenvalue weighted by Gasteiger charge is -2.23. The molecular formula is C17H30O2. The number of ether oxygens (including phenoxy) is 1. The molecule has 110 valence electrons. The van der Waals surface area contributed by atoms with Crippen LogP contribution in [0.1, 0.15) is 84.5 Å². The van der Waals surface area contributed by atoms with Gasteiger partial charge in [-0.2, -0.15) is 0 Å². The molecule has 0 aromatic heterocycles. The van der Waals surface area contributed by atoms with Crippen molar-refractivity contribution in [1.29, 1.82) is 0 Å². The Kier molecular flexibility index (Phi) is 7.85. The standard InChI is InChI=1S/C17H30O2/c1-17(2)15-13-11-9-7-5-3-4-6-8-10-12-14-16(18)19-17/h11,13H,3-10,12,14-15H2,1-2H3/b13-11-. The maximum atomic E-state index is 11.7. The fraction of sp³-hybridized carbons (Fsp3) is 0.824. The number of cyclic esters (lactones) is 1. The summed E-state index contributed by atoms with van der Waals surface area (Å²) in [5, 5.41) is 0. The van der Waals surface area contributed by atoms with Crippen molar-refractivity contribution >= 4 is 5.97 Å². The van der Waals surface area contributed by atoms with Crippen molar-refractivity contribution in [3.05, 3.63) is 12.2 Å². The molecule has 0 aliphatic carbocycles. The Balaban J connectivity index is 2.41. The van der Waals surface area contributed by atoms with Gasteiger partial charge in [-0.3, -0.25) is 4.79 Å². The minimum Gasteiger partial charge on any atom is -0.459 e. The van der Waals surface area contributed by atoms with Gasteiger partial charge in [0.1, 0.15) is 5.60 Å². The molecule has 2 heteroatoms. The number of carbonyl (C=O) groups is 1. The van der Waals surface area contributed by atoms with Crippen LogP contribution in [0.3, 0.4) is 0 Å². The molecule has 0 N–H and O–H groups in total. The Hall–Kier alpha value is -0.790. The molecule has 2 nitrogen and oxygen atoms in total. The van der Waals surface area contributed by atoms with Crippen LogP contribution in [0.2, 0.25) is 0 Å². The van der Waals surface area contributed by atoms with Crippen molar-refractivity contribution in [2.24, 2.45) is 0 Å². The van der Waals surface area contributed by atoms with Crippen molar-refractivity contribution in [2.75, 3.05) is 0 Å². The summed E-state index contributed by atoms with van der Waals surface area (Å²) in [6, 6.07) is 0. The molecule has 0 atom stereocenters. The van der Waals surface area contributed by atoms with E-state index < -0.39 is 0 Å². The summed E-state index contributed by atoms with van der Waals surface area (Å²) >= 11 is 0. The number of rotatable bonds is 0. The Bertz CT molecular complexity index is 279. The molecule has 0 aromatic rings. The van der Waals surface area contributed by atoms with Gasteiger partial charge in [0.15, 0.2) is 0 Å².